The highest BCUT2D eigenvalue weighted by Gasteiger charge is 2.56. The van der Waals surface area contributed by atoms with Gasteiger partial charge in [0.2, 0.25) is 0 Å². The fourth-order valence-electron chi connectivity index (χ4n) is 5.45. The van der Waals surface area contributed by atoms with Gasteiger partial charge in [0.05, 0.1) is 25.4 Å². The zero-order valence-electron chi connectivity index (χ0n) is 17.5. The molecule has 0 fully saturated rings. The van der Waals surface area contributed by atoms with E-state index in [0.717, 1.165) is 41.5 Å². The van der Waals surface area contributed by atoms with Crippen molar-refractivity contribution < 1.29 is 19.1 Å². The van der Waals surface area contributed by atoms with Gasteiger partial charge in [-0.2, -0.15) is 0 Å². The lowest BCUT2D eigenvalue weighted by atomic mass is 9.64. The molecule has 6 nitrogen and oxygen atoms in total. The molecule has 4 rings (SSSR count). The molecule has 2 aromatic rings. The summed E-state index contributed by atoms with van der Waals surface area (Å²) >= 11 is 0. The smallest absolute Gasteiger partial charge is 0.418 e. The first kappa shape index (κ1) is 19.7. The molecule has 0 bridgehead atoms. The summed E-state index contributed by atoms with van der Waals surface area (Å²) in [7, 11) is 2.81. The van der Waals surface area contributed by atoms with E-state index in [0.29, 0.717) is 6.42 Å². The fraction of sp³-hybridized carbons (Fsp3) is 0.478. The van der Waals surface area contributed by atoms with E-state index in [1.54, 1.807) is 4.57 Å². The van der Waals surface area contributed by atoms with Crippen LogP contribution in [0.1, 0.15) is 37.9 Å². The molecule has 29 heavy (non-hydrogen) atoms. The van der Waals surface area contributed by atoms with Gasteiger partial charge in [-0.3, -0.25) is 4.79 Å². The monoisotopic (exact) mass is 396 g/mol. The van der Waals surface area contributed by atoms with Crippen LogP contribution >= 0.6 is 0 Å². The number of methoxy groups -OCH3 is 2. The standard InChI is InChI=1S/C23H28N2O4/c1-5-15-12-14(2)13-23(21(26)28-3)19(15)24-11-10-17-16-8-6-7-9-18(16)25(20(17)23)22(27)29-4/h6-9,12,14,19,24H,5,10-11,13H2,1-4H3. The van der Waals surface area contributed by atoms with Crippen LogP contribution in [-0.2, 0) is 26.1 Å². The number of para-hydroxylation sites is 1. The van der Waals surface area contributed by atoms with E-state index in [1.165, 1.54) is 19.8 Å². The van der Waals surface area contributed by atoms with Gasteiger partial charge in [-0.05, 0) is 43.4 Å². The van der Waals surface area contributed by atoms with Gasteiger partial charge in [0, 0.05) is 11.4 Å². The van der Waals surface area contributed by atoms with Gasteiger partial charge in [-0.25, -0.2) is 9.36 Å². The molecule has 154 valence electrons. The number of fused-ring (bicyclic) bond motifs is 5. The Morgan fingerprint density at radius 1 is 1.24 bits per heavy atom. The quantitative estimate of drug-likeness (QED) is 0.621. The number of aromatic nitrogens is 1. The van der Waals surface area contributed by atoms with Crippen LogP contribution in [0.5, 0.6) is 0 Å². The fourth-order valence-corrected chi connectivity index (χ4v) is 5.45. The van der Waals surface area contributed by atoms with Gasteiger partial charge in [-0.1, -0.05) is 43.7 Å². The highest BCUT2D eigenvalue weighted by molar-refractivity contribution is 5.98. The second-order valence-electron chi connectivity index (χ2n) is 8.03. The van der Waals surface area contributed by atoms with Gasteiger partial charge in [0.15, 0.2) is 0 Å². The van der Waals surface area contributed by atoms with E-state index in [2.05, 4.69) is 25.2 Å². The minimum Gasteiger partial charge on any atom is -0.468 e. The summed E-state index contributed by atoms with van der Waals surface area (Å²) in [5.74, 6) is -0.130. The average Bonchev–Trinajstić information content (AvgIpc) is 2.97. The number of nitrogens with one attached hydrogen (secondary N) is 1. The molecule has 1 aliphatic carbocycles. The number of allylic oxidation sites excluding steroid dienone is 1. The SMILES string of the molecule is CCC1=CC(C)CC2(C(=O)OC)c3c(c4ccccc4n3C(=O)OC)CCNC12. The van der Waals surface area contributed by atoms with Crippen LogP contribution in [0.25, 0.3) is 10.9 Å². The third-order valence-electron chi connectivity index (χ3n) is 6.45. The number of benzene rings is 1. The predicted octanol–water partition coefficient (Wildman–Crippen LogP) is 3.56. The second kappa shape index (κ2) is 7.34. The molecule has 0 saturated heterocycles. The maximum atomic E-state index is 13.5. The Hall–Kier alpha value is -2.60. The summed E-state index contributed by atoms with van der Waals surface area (Å²) in [4.78, 5) is 26.5. The van der Waals surface area contributed by atoms with E-state index < -0.39 is 11.5 Å². The van der Waals surface area contributed by atoms with Gasteiger partial charge < -0.3 is 14.8 Å². The zero-order valence-corrected chi connectivity index (χ0v) is 17.5. The molecular weight excluding hydrogens is 368 g/mol. The van der Waals surface area contributed by atoms with E-state index in [9.17, 15) is 9.59 Å². The van der Waals surface area contributed by atoms with Gasteiger partial charge >= 0.3 is 12.1 Å². The number of carbonyl (C=O) groups excluding carboxylic acids is 2. The number of carbonyl (C=O) groups is 2. The molecule has 0 radical (unpaired) electrons. The van der Waals surface area contributed by atoms with Crippen molar-refractivity contribution in [3.05, 3.63) is 47.2 Å². The first-order valence-corrected chi connectivity index (χ1v) is 10.2. The lowest BCUT2D eigenvalue weighted by Gasteiger charge is -2.44. The molecule has 0 spiro atoms. The number of rotatable bonds is 2. The van der Waals surface area contributed by atoms with Gasteiger partial charge in [0.1, 0.15) is 5.41 Å². The Kier molecular flexibility index (Phi) is 4.99. The van der Waals surface area contributed by atoms with Crippen molar-refractivity contribution in [2.45, 2.75) is 44.6 Å². The number of esters is 1. The third-order valence-corrected chi connectivity index (χ3v) is 6.45. The van der Waals surface area contributed by atoms with Crippen molar-refractivity contribution in [1.82, 2.24) is 9.88 Å². The van der Waals surface area contributed by atoms with E-state index >= 15 is 0 Å². The molecule has 3 unspecified atom stereocenters. The lowest BCUT2D eigenvalue weighted by Crippen LogP contribution is -2.57. The summed E-state index contributed by atoms with van der Waals surface area (Å²) in [5, 5.41) is 4.59. The summed E-state index contributed by atoms with van der Waals surface area (Å²) in [6.45, 7) is 4.94. The summed E-state index contributed by atoms with van der Waals surface area (Å²) in [6.07, 6.45) is 3.90. The summed E-state index contributed by atoms with van der Waals surface area (Å²) in [5.41, 5.74) is 2.71. The predicted molar refractivity (Wildman–Crippen MR) is 111 cm³/mol. The molecule has 1 N–H and O–H groups in total. The van der Waals surface area contributed by atoms with Gasteiger partial charge in [-0.15, -0.1) is 0 Å². The van der Waals surface area contributed by atoms with Gasteiger partial charge in [0.25, 0.3) is 0 Å². The second-order valence-corrected chi connectivity index (χ2v) is 8.03. The van der Waals surface area contributed by atoms with Crippen molar-refractivity contribution in [2.75, 3.05) is 20.8 Å². The van der Waals surface area contributed by atoms with Crippen molar-refractivity contribution in [2.24, 2.45) is 5.92 Å². The molecule has 1 aromatic carbocycles. The van der Waals surface area contributed by atoms with Crippen LogP contribution in [0.3, 0.4) is 0 Å². The molecule has 3 atom stereocenters. The first-order valence-electron chi connectivity index (χ1n) is 10.2. The third kappa shape index (κ3) is 2.73. The van der Waals surface area contributed by atoms with Crippen LogP contribution in [0.2, 0.25) is 0 Å². The highest BCUT2D eigenvalue weighted by atomic mass is 16.5. The normalized spacial score (nSPS) is 26.1. The Morgan fingerprint density at radius 2 is 2.00 bits per heavy atom. The Morgan fingerprint density at radius 3 is 2.69 bits per heavy atom. The molecule has 6 heteroatoms. The summed E-state index contributed by atoms with van der Waals surface area (Å²) in [6, 6.07) is 7.58. The number of nitrogens with zero attached hydrogens (tertiary/aromatic N) is 1. The van der Waals surface area contributed by atoms with Crippen molar-refractivity contribution in [3.63, 3.8) is 0 Å². The topological polar surface area (TPSA) is 69.6 Å². The average molecular weight is 396 g/mol. The van der Waals surface area contributed by atoms with Crippen LogP contribution in [0, 0.1) is 5.92 Å². The highest BCUT2D eigenvalue weighted by Crippen LogP contribution is 2.48. The molecule has 2 heterocycles. The Balaban J connectivity index is 2.15. The van der Waals surface area contributed by atoms with Crippen LogP contribution in [0.15, 0.2) is 35.9 Å². The van der Waals surface area contributed by atoms with Crippen LogP contribution < -0.4 is 5.32 Å². The molecule has 1 aliphatic heterocycles. The molecule has 1 aromatic heterocycles. The number of ether oxygens (including phenoxy) is 2. The van der Waals surface area contributed by atoms with Crippen molar-refractivity contribution >= 4 is 23.0 Å². The van der Waals surface area contributed by atoms with Crippen molar-refractivity contribution in [1.29, 1.82) is 0 Å². The zero-order chi connectivity index (χ0) is 20.8. The number of hydrogen-bond acceptors (Lipinski definition) is 5. The van der Waals surface area contributed by atoms with Crippen molar-refractivity contribution in [3.8, 4) is 0 Å². The Labute approximate surface area is 170 Å². The molecule has 2 aliphatic rings. The molecule has 0 amide bonds. The Bertz CT molecular complexity index is 1010. The largest absolute Gasteiger partial charge is 0.468 e. The van der Waals surface area contributed by atoms with Crippen LogP contribution in [0.4, 0.5) is 4.79 Å². The minimum atomic E-state index is -0.993. The number of hydrogen-bond donors (Lipinski definition) is 1. The van der Waals surface area contributed by atoms with Crippen LogP contribution in [-0.4, -0.2) is 43.4 Å². The molecule has 0 saturated carbocycles. The molecular formula is C23H28N2O4. The summed E-state index contributed by atoms with van der Waals surface area (Å²) < 4.78 is 12.2. The maximum absolute atomic E-state index is 13.5. The maximum Gasteiger partial charge on any atom is 0.418 e. The van der Waals surface area contributed by atoms with E-state index in [-0.39, 0.29) is 17.9 Å². The first-order chi connectivity index (χ1) is 14.0. The van der Waals surface area contributed by atoms with E-state index in [4.69, 9.17) is 9.47 Å². The lowest BCUT2D eigenvalue weighted by molar-refractivity contribution is -0.149. The minimum absolute atomic E-state index is 0.178. The van der Waals surface area contributed by atoms with E-state index in [1.807, 2.05) is 24.3 Å².